The van der Waals surface area contributed by atoms with Crippen LogP contribution in [0, 0.1) is 6.92 Å². The van der Waals surface area contributed by atoms with Crippen molar-refractivity contribution in [2.24, 2.45) is 0 Å². The van der Waals surface area contributed by atoms with Crippen molar-refractivity contribution in [2.45, 2.75) is 33.1 Å². The van der Waals surface area contributed by atoms with E-state index in [2.05, 4.69) is 50.4 Å². The molecular weight excluding hydrogens is 214 g/mol. The Hall–Kier alpha value is -1.15. The zero-order valence-corrected chi connectivity index (χ0v) is 10.8. The van der Waals surface area contributed by atoms with Crippen molar-refractivity contribution in [1.29, 1.82) is 0 Å². The first kappa shape index (κ1) is 11.3. The molecule has 2 heteroatoms. The van der Waals surface area contributed by atoms with Gasteiger partial charge in [0.05, 0.1) is 5.69 Å². The molecule has 0 aliphatic rings. The van der Waals surface area contributed by atoms with Gasteiger partial charge in [-0.1, -0.05) is 37.6 Å². The van der Waals surface area contributed by atoms with E-state index in [4.69, 9.17) is 4.98 Å². The summed E-state index contributed by atoms with van der Waals surface area (Å²) in [5.74, 6) is 0.565. The van der Waals surface area contributed by atoms with E-state index in [9.17, 15) is 0 Å². The summed E-state index contributed by atoms with van der Waals surface area (Å²) in [6.07, 6.45) is 1.15. The summed E-state index contributed by atoms with van der Waals surface area (Å²) in [4.78, 5) is 4.71. The maximum atomic E-state index is 4.71. The Balaban J connectivity index is 2.31. The summed E-state index contributed by atoms with van der Waals surface area (Å²) >= 11 is 1.74. The van der Waals surface area contributed by atoms with Crippen LogP contribution in [0.25, 0.3) is 10.6 Å². The van der Waals surface area contributed by atoms with Gasteiger partial charge in [-0.2, -0.15) is 0 Å². The van der Waals surface area contributed by atoms with Crippen molar-refractivity contribution in [3.8, 4) is 10.6 Å². The second-order valence-corrected chi connectivity index (χ2v) is 5.11. The lowest BCUT2D eigenvalue weighted by Crippen LogP contribution is -1.91. The maximum absolute atomic E-state index is 4.71. The van der Waals surface area contributed by atoms with Gasteiger partial charge in [-0.3, -0.25) is 0 Å². The molecule has 0 N–H and O–H groups in total. The van der Waals surface area contributed by atoms with Gasteiger partial charge in [0.25, 0.3) is 0 Å². The molecule has 0 saturated carbocycles. The van der Waals surface area contributed by atoms with Crippen LogP contribution in [-0.2, 0) is 0 Å². The van der Waals surface area contributed by atoms with Crippen LogP contribution in [0.5, 0.6) is 0 Å². The number of hydrogen-bond acceptors (Lipinski definition) is 2. The number of nitrogens with zero attached hydrogens (tertiary/aromatic N) is 1. The molecule has 1 aromatic carbocycles. The van der Waals surface area contributed by atoms with Gasteiger partial charge in [-0.05, 0) is 25.3 Å². The first-order chi connectivity index (χ1) is 7.70. The molecule has 0 spiro atoms. The van der Waals surface area contributed by atoms with Crippen LogP contribution in [-0.4, -0.2) is 4.98 Å². The fourth-order valence-electron chi connectivity index (χ4n) is 1.63. The van der Waals surface area contributed by atoms with Gasteiger partial charge >= 0.3 is 0 Å². The second-order valence-electron chi connectivity index (χ2n) is 4.26. The van der Waals surface area contributed by atoms with E-state index in [0.29, 0.717) is 5.92 Å². The van der Waals surface area contributed by atoms with Crippen molar-refractivity contribution in [3.05, 3.63) is 40.9 Å². The molecule has 1 aromatic heterocycles. The van der Waals surface area contributed by atoms with Crippen molar-refractivity contribution >= 4 is 11.3 Å². The maximum Gasteiger partial charge on any atom is 0.123 e. The van der Waals surface area contributed by atoms with E-state index in [0.717, 1.165) is 11.4 Å². The third-order valence-corrected chi connectivity index (χ3v) is 3.81. The molecule has 1 unspecified atom stereocenters. The van der Waals surface area contributed by atoms with Gasteiger partial charge in [0, 0.05) is 10.9 Å². The molecule has 2 aromatic rings. The minimum Gasteiger partial charge on any atom is -0.241 e. The summed E-state index contributed by atoms with van der Waals surface area (Å²) < 4.78 is 0. The highest BCUT2D eigenvalue weighted by Crippen LogP contribution is 2.28. The normalized spacial score (nSPS) is 12.7. The van der Waals surface area contributed by atoms with E-state index in [-0.39, 0.29) is 0 Å². The van der Waals surface area contributed by atoms with Gasteiger partial charge in [0.1, 0.15) is 5.01 Å². The fourth-order valence-corrected chi connectivity index (χ4v) is 2.57. The predicted molar refractivity (Wildman–Crippen MR) is 71.0 cm³/mol. The van der Waals surface area contributed by atoms with Gasteiger partial charge in [-0.15, -0.1) is 11.3 Å². The lowest BCUT2D eigenvalue weighted by atomic mass is 10.1. The van der Waals surface area contributed by atoms with Gasteiger partial charge < -0.3 is 0 Å². The molecule has 0 saturated heterocycles. The van der Waals surface area contributed by atoms with E-state index in [1.165, 1.54) is 16.8 Å². The molecule has 1 nitrogen and oxygen atoms in total. The first-order valence-corrected chi connectivity index (χ1v) is 6.61. The van der Waals surface area contributed by atoms with Crippen LogP contribution in [0.1, 0.15) is 37.4 Å². The van der Waals surface area contributed by atoms with Crippen LogP contribution in [0.15, 0.2) is 29.6 Å². The average molecular weight is 231 g/mol. The van der Waals surface area contributed by atoms with E-state index in [1.54, 1.807) is 11.3 Å². The highest BCUT2D eigenvalue weighted by atomic mass is 32.1. The number of aromatic nitrogens is 1. The summed E-state index contributed by atoms with van der Waals surface area (Å²) in [5.41, 5.74) is 3.75. The predicted octanol–water partition coefficient (Wildman–Crippen LogP) is 4.63. The molecule has 0 fully saturated rings. The Kier molecular flexibility index (Phi) is 3.39. The SMILES string of the molecule is CCC(C)c1csc(-c2cccc(C)c2)n1. The minimum atomic E-state index is 0.565. The standard InChI is InChI=1S/C14H17NS/c1-4-11(3)13-9-16-14(15-13)12-7-5-6-10(2)8-12/h5-9,11H,4H2,1-3H3. The highest BCUT2D eigenvalue weighted by Gasteiger charge is 2.09. The second kappa shape index (κ2) is 4.79. The molecule has 1 atom stereocenters. The topological polar surface area (TPSA) is 12.9 Å². The third-order valence-electron chi connectivity index (χ3n) is 2.90. The molecule has 1 heterocycles. The third kappa shape index (κ3) is 2.33. The Morgan fingerprint density at radius 3 is 2.88 bits per heavy atom. The summed E-state index contributed by atoms with van der Waals surface area (Å²) in [5, 5.41) is 3.32. The van der Waals surface area contributed by atoms with E-state index < -0.39 is 0 Å². The molecule has 2 rings (SSSR count). The fraction of sp³-hybridized carbons (Fsp3) is 0.357. The van der Waals surface area contributed by atoms with Crippen molar-refractivity contribution in [2.75, 3.05) is 0 Å². The molecule has 0 bridgehead atoms. The highest BCUT2D eigenvalue weighted by molar-refractivity contribution is 7.13. The number of thiazole rings is 1. The molecule has 0 aliphatic heterocycles. The quantitative estimate of drug-likeness (QED) is 0.750. The smallest absolute Gasteiger partial charge is 0.123 e. The lowest BCUT2D eigenvalue weighted by Gasteiger charge is -2.02. The summed E-state index contributed by atoms with van der Waals surface area (Å²) in [6.45, 7) is 6.55. The number of hydrogen-bond donors (Lipinski definition) is 0. The summed E-state index contributed by atoms with van der Waals surface area (Å²) in [7, 11) is 0. The molecular formula is C14H17NS. The van der Waals surface area contributed by atoms with Crippen molar-refractivity contribution in [3.63, 3.8) is 0 Å². The molecule has 0 aliphatic carbocycles. The van der Waals surface area contributed by atoms with Crippen molar-refractivity contribution < 1.29 is 0 Å². The van der Waals surface area contributed by atoms with Crippen LogP contribution >= 0.6 is 11.3 Å². The van der Waals surface area contributed by atoms with Crippen LogP contribution in [0.3, 0.4) is 0 Å². The van der Waals surface area contributed by atoms with Crippen LogP contribution in [0.2, 0.25) is 0 Å². The minimum absolute atomic E-state index is 0.565. The Morgan fingerprint density at radius 2 is 2.19 bits per heavy atom. The zero-order chi connectivity index (χ0) is 11.5. The van der Waals surface area contributed by atoms with Crippen molar-refractivity contribution in [1.82, 2.24) is 4.98 Å². The van der Waals surface area contributed by atoms with Crippen LogP contribution in [0.4, 0.5) is 0 Å². The van der Waals surface area contributed by atoms with Crippen LogP contribution < -0.4 is 0 Å². The Bertz CT molecular complexity index is 473. The summed E-state index contributed by atoms with van der Waals surface area (Å²) in [6, 6.07) is 8.53. The number of rotatable bonds is 3. The van der Waals surface area contributed by atoms with E-state index in [1.807, 2.05) is 0 Å². The molecule has 0 amide bonds. The lowest BCUT2D eigenvalue weighted by molar-refractivity contribution is 0.714. The van der Waals surface area contributed by atoms with Gasteiger partial charge in [-0.25, -0.2) is 4.98 Å². The monoisotopic (exact) mass is 231 g/mol. The zero-order valence-electron chi connectivity index (χ0n) is 10.0. The molecule has 16 heavy (non-hydrogen) atoms. The van der Waals surface area contributed by atoms with E-state index >= 15 is 0 Å². The molecule has 84 valence electrons. The average Bonchev–Trinajstić information content (AvgIpc) is 2.77. The molecule has 0 radical (unpaired) electrons. The largest absolute Gasteiger partial charge is 0.241 e. The Labute approximate surface area is 101 Å². The Morgan fingerprint density at radius 1 is 1.38 bits per heavy atom. The number of benzene rings is 1. The number of aryl methyl sites for hydroxylation is 1. The first-order valence-electron chi connectivity index (χ1n) is 5.73. The van der Waals surface area contributed by atoms with Gasteiger partial charge in [0.2, 0.25) is 0 Å². The van der Waals surface area contributed by atoms with Gasteiger partial charge in [0.15, 0.2) is 0 Å².